The summed E-state index contributed by atoms with van der Waals surface area (Å²) >= 11 is 3.52. The third-order valence-corrected chi connectivity index (χ3v) is 4.62. The van der Waals surface area contributed by atoms with E-state index in [2.05, 4.69) is 40.1 Å². The molecule has 1 fully saturated rings. The molecule has 1 aromatic carbocycles. The molecule has 2 atom stereocenters. The first kappa shape index (κ1) is 11.1. The number of hydrogen-bond donors (Lipinski definition) is 0. The van der Waals surface area contributed by atoms with Crippen LogP contribution in [0.15, 0.2) is 27.7 Å². The lowest BCUT2D eigenvalue weighted by atomic mass is 9.64. The van der Waals surface area contributed by atoms with Crippen LogP contribution in [0.3, 0.4) is 0 Å². The number of benzene rings is 1. The molecular formula is C14H14BrNO. The summed E-state index contributed by atoms with van der Waals surface area (Å²) in [7, 11) is 0. The topological polar surface area (TPSA) is 29.4 Å². The van der Waals surface area contributed by atoms with Gasteiger partial charge in [-0.15, -0.1) is 0 Å². The van der Waals surface area contributed by atoms with Crippen molar-refractivity contribution in [2.24, 2.45) is 10.9 Å². The van der Waals surface area contributed by atoms with Gasteiger partial charge in [0.05, 0.1) is 5.69 Å². The summed E-state index contributed by atoms with van der Waals surface area (Å²) in [5.74, 6) is 0.739. The van der Waals surface area contributed by atoms with E-state index in [1.807, 2.05) is 12.1 Å². The fourth-order valence-corrected chi connectivity index (χ4v) is 3.42. The molecule has 88 valence electrons. The number of Topliss-reactive ketones (excluding diaryl/α,β-unsaturated/α-hetero) is 1. The predicted molar refractivity (Wildman–Crippen MR) is 72.0 cm³/mol. The van der Waals surface area contributed by atoms with Gasteiger partial charge in [0.1, 0.15) is 5.78 Å². The molecule has 0 saturated heterocycles. The fraction of sp³-hybridized carbons (Fsp3) is 0.429. The number of ketones is 1. The molecule has 1 aliphatic heterocycles. The fourth-order valence-electron chi connectivity index (χ4n) is 3.06. The maximum absolute atomic E-state index is 11.5. The smallest absolute Gasteiger partial charge is 0.133 e. The zero-order chi connectivity index (χ0) is 12.0. The molecule has 0 N–H and O–H groups in total. The maximum atomic E-state index is 11.5. The van der Waals surface area contributed by atoms with Crippen LogP contribution < -0.4 is 0 Å². The third kappa shape index (κ3) is 1.60. The Labute approximate surface area is 109 Å². The first-order valence-corrected chi connectivity index (χ1v) is 6.78. The van der Waals surface area contributed by atoms with Crippen LogP contribution in [0.1, 0.15) is 31.7 Å². The van der Waals surface area contributed by atoms with Crippen LogP contribution in [0, 0.1) is 5.92 Å². The van der Waals surface area contributed by atoms with Gasteiger partial charge < -0.3 is 0 Å². The Morgan fingerprint density at radius 1 is 1.47 bits per heavy atom. The number of fused-ring (bicyclic) bond motifs is 2. The Morgan fingerprint density at radius 3 is 3.06 bits per heavy atom. The van der Waals surface area contributed by atoms with Crippen LogP contribution in [-0.2, 0) is 10.2 Å². The van der Waals surface area contributed by atoms with Gasteiger partial charge in [-0.05, 0) is 36.1 Å². The highest BCUT2D eigenvalue weighted by Crippen LogP contribution is 2.49. The van der Waals surface area contributed by atoms with E-state index in [0.29, 0.717) is 24.5 Å². The molecule has 0 radical (unpaired) electrons. The van der Waals surface area contributed by atoms with Crippen LogP contribution in [0.4, 0.5) is 5.69 Å². The minimum Gasteiger partial charge on any atom is -0.300 e. The van der Waals surface area contributed by atoms with Crippen molar-refractivity contribution in [3.63, 3.8) is 0 Å². The quantitative estimate of drug-likeness (QED) is 0.715. The van der Waals surface area contributed by atoms with E-state index in [1.165, 1.54) is 5.56 Å². The molecule has 1 aromatic rings. The van der Waals surface area contributed by atoms with Crippen LogP contribution >= 0.6 is 15.9 Å². The third-order valence-electron chi connectivity index (χ3n) is 4.12. The summed E-state index contributed by atoms with van der Waals surface area (Å²) in [4.78, 5) is 16.1. The molecule has 1 saturated carbocycles. The summed E-state index contributed by atoms with van der Waals surface area (Å²) in [5.41, 5.74) is 2.34. The van der Waals surface area contributed by atoms with Gasteiger partial charge in [0.15, 0.2) is 0 Å². The Kier molecular flexibility index (Phi) is 2.47. The maximum Gasteiger partial charge on any atom is 0.133 e. The number of carbonyl (C=O) groups excluding carboxylic acids is 1. The van der Waals surface area contributed by atoms with Crippen molar-refractivity contribution in [2.45, 2.75) is 31.6 Å². The van der Waals surface area contributed by atoms with Crippen LogP contribution in [0.25, 0.3) is 0 Å². The lowest BCUT2D eigenvalue weighted by Gasteiger charge is -2.37. The number of hydrogen-bond acceptors (Lipinski definition) is 2. The molecule has 2 aliphatic rings. The Bertz CT molecular complexity index is 523. The first-order chi connectivity index (χ1) is 8.12. The minimum absolute atomic E-state index is 0.00692. The summed E-state index contributed by atoms with van der Waals surface area (Å²) in [6, 6.07) is 6.23. The van der Waals surface area contributed by atoms with Crippen molar-refractivity contribution in [3.8, 4) is 0 Å². The van der Waals surface area contributed by atoms with Crippen molar-refractivity contribution < 1.29 is 4.79 Å². The van der Waals surface area contributed by atoms with Gasteiger partial charge in [0.25, 0.3) is 0 Å². The summed E-state index contributed by atoms with van der Waals surface area (Å²) in [6.07, 6.45) is 4.33. The standard InChI is InChI=1S/C14H14BrNO/c1-9-6-11(17)4-5-14(9)8-16-13-3-2-10(15)7-12(13)14/h2-3,7-9H,4-6H2,1H3. The number of halogens is 1. The molecule has 3 rings (SSSR count). The summed E-state index contributed by atoms with van der Waals surface area (Å²) in [6.45, 7) is 2.17. The SMILES string of the molecule is CC1CC(=O)CCC12C=Nc1ccc(Br)cc12. The van der Waals surface area contributed by atoms with E-state index in [-0.39, 0.29) is 5.41 Å². The molecule has 0 aromatic heterocycles. The molecule has 17 heavy (non-hydrogen) atoms. The Hall–Kier alpha value is -0.960. The van der Waals surface area contributed by atoms with E-state index in [9.17, 15) is 4.79 Å². The van der Waals surface area contributed by atoms with Gasteiger partial charge in [-0.2, -0.15) is 0 Å². The van der Waals surface area contributed by atoms with Crippen LogP contribution in [-0.4, -0.2) is 12.0 Å². The second-order valence-corrected chi connectivity index (χ2v) is 6.02. The molecule has 3 heteroatoms. The largest absolute Gasteiger partial charge is 0.300 e. The molecule has 1 heterocycles. The second kappa shape index (κ2) is 3.77. The van der Waals surface area contributed by atoms with Gasteiger partial charge in [0, 0.05) is 28.9 Å². The summed E-state index contributed by atoms with van der Waals surface area (Å²) < 4.78 is 1.09. The molecule has 2 unspecified atom stereocenters. The monoisotopic (exact) mass is 291 g/mol. The van der Waals surface area contributed by atoms with Crippen LogP contribution in [0.5, 0.6) is 0 Å². The highest BCUT2D eigenvalue weighted by Gasteiger charge is 2.44. The average molecular weight is 292 g/mol. The number of aliphatic imine (C=N–C) groups is 1. The molecule has 2 nitrogen and oxygen atoms in total. The van der Waals surface area contributed by atoms with Gasteiger partial charge in [-0.3, -0.25) is 9.79 Å². The van der Waals surface area contributed by atoms with E-state index in [0.717, 1.165) is 16.6 Å². The van der Waals surface area contributed by atoms with E-state index < -0.39 is 0 Å². The molecular weight excluding hydrogens is 278 g/mol. The molecule has 0 amide bonds. The van der Waals surface area contributed by atoms with Crippen molar-refractivity contribution in [2.75, 3.05) is 0 Å². The van der Waals surface area contributed by atoms with Crippen LogP contribution in [0.2, 0.25) is 0 Å². The van der Waals surface area contributed by atoms with Crippen molar-refractivity contribution in [1.29, 1.82) is 0 Å². The number of carbonyl (C=O) groups is 1. The Balaban J connectivity index is 2.10. The van der Waals surface area contributed by atoms with Gasteiger partial charge in [0.2, 0.25) is 0 Å². The zero-order valence-corrected chi connectivity index (χ0v) is 11.3. The lowest BCUT2D eigenvalue weighted by Crippen LogP contribution is -2.39. The molecule has 0 bridgehead atoms. The Morgan fingerprint density at radius 2 is 2.29 bits per heavy atom. The van der Waals surface area contributed by atoms with E-state index in [1.54, 1.807) is 0 Å². The predicted octanol–water partition coefficient (Wildman–Crippen LogP) is 3.79. The van der Waals surface area contributed by atoms with Gasteiger partial charge in [-0.25, -0.2) is 0 Å². The average Bonchev–Trinajstić information content (AvgIpc) is 2.64. The molecule has 1 aliphatic carbocycles. The minimum atomic E-state index is -0.00692. The zero-order valence-electron chi connectivity index (χ0n) is 9.74. The van der Waals surface area contributed by atoms with Gasteiger partial charge in [-0.1, -0.05) is 22.9 Å². The normalized spacial score (nSPS) is 30.9. The van der Waals surface area contributed by atoms with Crippen molar-refractivity contribution >= 4 is 33.6 Å². The number of nitrogens with zero attached hydrogens (tertiary/aromatic N) is 1. The highest BCUT2D eigenvalue weighted by molar-refractivity contribution is 9.10. The first-order valence-electron chi connectivity index (χ1n) is 5.99. The van der Waals surface area contributed by atoms with Crippen molar-refractivity contribution in [1.82, 2.24) is 0 Å². The highest BCUT2D eigenvalue weighted by atomic mass is 79.9. The molecule has 1 spiro atoms. The second-order valence-electron chi connectivity index (χ2n) is 5.10. The van der Waals surface area contributed by atoms with E-state index >= 15 is 0 Å². The lowest BCUT2D eigenvalue weighted by molar-refractivity contribution is -0.122. The summed E-state index contributed by atoms with van der Waals surface area (Å²) in [5, 5.41) is 0. The number of rotatable bonds is 0. The van der Waals surface area contributed by atoms with E-state index in [4.69, 9.17) is 0 Å². The van der Waals surface area contributed by atoms with Crippen molar-refractivity contribution in [3.05, 3.63) is 28.2 Å². The van der Waals surface area contributed by atoms with Gasteiger partial charge >= 0.3 is 0 Å².